The Morgan fingerprint density at radius 1 is 0.667 bits per heavy atom. The van der Waals surface area contributed by atoms with Gasteiger partial charge in [0.15, 0.2) is 0 Å². The lowest BCUT2D eigenvalue weighted by molar-refractivity contribution is 0.0500. The second-order valence-corrected chi connectivity index (χ2v) is 6.00. The molecule has 3 aromatic carbocycles. The average molecular weight is 360 g/mol. The summed E-state index contributed by atoms with van der Waals surface area (Å²) >= 11 is 0. The van der Waals surface area contributed by atoms with E-state index in [2.05, 4.69) is 12.1 Å². The molecule has 0 radical (unpaired) electrons. The highest BCUT2D eigenvalue weighted by Crippen LogP contribution is 2.15. The molecule has 0 unspecified atom stereocenters. The van der Waals surface area contributed by atoms with Crippen LogP contribution in [-0.2, 0) is 11.2 Å². The minimum absolute atomic E-state index is 0.360. The third-order valence-electron chi connectivity index (χ3n) is 4.00. The third-order valence-corrected chi connectivity index (χ3v) is 4.00. The molecular weight excluding hydrogens is 340 g/mol. The summed E-state index contributed by atoms with van der Waals surface area (Å²) in [5.41, 5.74) is 2.12. The standard InChI is InChI=1S/C23H20O4/c24-22(26-17-7-10-18-8-3-1-4-9-18)20-13-15-21(16-14-20)27-23(25)19-11-5-2-6-12-19/h1-6,8-9,11-16H,7,10,17H2. The van der Waals surface area contributed by atoms with E-state index in [0.717, 1.165) is 12.8 Å². The normalized spacial score (nSPS) is 10.2. The summed E-state index contributed by atoms with van der Waals surface area (Å²) in [6.07, 6.45) is 1.63. The van der Waals surface area contributed by atoms with E-state index in [0.29, 0.717) is 23.5 Å². The fourth-order valence-electron chi connectivity index (χ4n) is 2.57. The second kappa shape index (κ2) is 9.34. The number of hydrogen-bond donors (Lipinski definition) is 0. The van der Waals surface area contributed by atoms with Crippen LogP contribution in [-0.4, -0.2) is 18.5 Å². The van der Waals surface area contributed by atoms with Crippen molar-refractivity contribution in [1.82, 2.24) is 0 Å². The van der Waals surface area contributed by atoms with Crippen LogP contribution < -0.4 is 4.74 Å². The minimum Gasteiger partial charge on any atom is -0.462 e. The number of carbonyl (C=O) groups excluding carboxylic acids is 2. The SMILES string of the molecule is O=C(OCCCc1ccccc1)c1ccc(OC(=O)c2ccccc2)cc1. The van der Waals surface area contributed by atoms with Gasteiger partial charge >= 0.3 is 11.9 Å². The first-order chi connectivity index (χ1) is 13.2. The zero-order valence-electron chi connectivity index (χ0n) is 14.8. The van der Waals surface area contributed by atoms with Crippen molar-refractivity contribution in [2.75, 3.05) is 6.61 Å². The molecule has 0 saturated carbocycles. The lowest BCUT2D eigenvalue weighted by atomic mass is 10.1. The first-order valence-corrected chi connectivity index (χ1v) is 8.81. The molecule has 0 amide bonds. The molecule has 136 valence electrons. The van der Waals surface area contributed by atoms with Crippen LogP contribution in [0, 0.1) is 0 Å². The van der Waals surface area contributed by atoms with Crippen molar-refractivity contribution in [1.29, 1.82) is 0 Å². The van der Waals surface area contributed by atoms with Crippen LogP contribution in [0.15, 0.2) is 84.9 Å². The molecule has 0 heterocycles. The maximum Gasteiger partial charge on any atom is 0.343 e. The Hall–Kier alpha value is -3.40. The quantitative estimate of drug-likeness (QED) is 0.348. The highest BCUT2D eigenvalue weighted by Gasteiger charge is 2.10. The number of aryl methyl sites for hydroxylation is 1. The third kappa shape index (κ3) is 5.54. The highest BCUT2D eigenvalue weighted by molar-refractivity contribution is 5.91. The Balaban J connectivity index is 1.46. The molecule has 0 atom stereocenters. The smallest absolute Gasteiger partial charge is 0.343 e. The molecule has 4 heteroatoms. The van der Waals surface area contributed by atoms with Crippen LogP contribution in [0.25, 0.3) is 0 Å². The monoisotopic (exact) mass is 360 g/mol. The van der Waals surface area contributed by atoms with E-state index >= 15 is 0 Å². The lowest BCUT2D eigenvalue weighted by Crippen LogP contribution is -2.09. The first-order valence-electron chi connectivity index (χ1n) is 8.81. The Labute approximate surface area is 158 Å². The van der Waals surface area contributed by atoms with E-state index in [1.54, 1.807) is 48.5 Å². The van der Waals surface area contributed by atoms with Crippen molar-refractivity contribution in [2.24, 2.45) is 0 Å². The average Bonchev–Trinajstić information content (AvgIpc) is 2.73. The number of esters is 2. The molecule has 0 fully saturated rings. The van der Waals surface area contributed by atoms with Gasteiger partial charge in [-0.15, -0.1) is 0 Å². The molecular formula is C23H20O4. The van der Waals surface area contributed by atoms with E-state index in [1.165, 1.54) is 5.56 Å². The number of ether oxygens (including phenoxy) is 2. The fraction of sp³-hybridized carbons (Fsp3) is 0.130. The molecule has 27 heavy (non-hydrogen) atoms. The molecule has 4 nitrogen and oxygen atoms in total. The van der Waals surface area contributed by atoms with Crippen LogP contribution in [0.4, 0.5) is 0 Å². The van der Waals surface area contributed by atoms with E-state index < -0.39 is 5.97 Å². The maximum atomic E-state index is 12.1. The molecule has 3 aromatic rings. The van der Waals surface area contributed by atoms with Crippen LogP contribution in [0.2, 0.25) is 0 Å². The van der Waals surface area contributed by atoms with E-state index in [4.69, 9.17) is 9.47 Å². The van der Waals surface area contributed by atoms with Gasteiger partial charge in [0.2, 0.25) is 0 Å². The van der Waals surface area contributed by atoms with Gasteiger partial charge in [-0.25, -0.2) is 9.59 Å². The van der Waals surface area contributed by atoms with Gasteiger partial charge in [-0.3, -0.25) is 0 Å². The van der Waals surface area contributed by atoms with Crippen LogP contribution >= 0.6 is 0 Å². The summed E-state index contributed by atoms with van der Waals surface area (Å²) in [6.45, 7) is 0.360. The van der Waals surface area contributed by atoms with E-state index in [9.17, 15) is 9.59 Å². The van der Waals surface area contributed by atoms with Crippen molar-refractivity contribution < 1.29 is 19.1 Å². The van der Waals surface area contributed by atoms with Gasteiger partial charge in [0, 0.05) is 0 Å². The molecule has 0 N–H and O–H groups in total. The fourth-order valence-corrected chi connectivity index (χ4v) is 2.57. The minimum atomic E-state index is -0.438. The number of benzene rings is 3. The molecule has 0 bridgehead atoms. The van der Waals surface area contributed by atoms with E-state index in [-0.39, 0.29) is 5.97 Å². The molecule has 0 aliphatic carbocycles. The molecule has 3 rings (SSSR count). The Bertz CT molecular complexity index is 871. The molecule has 0 saturated heterocycles. The largest absolute Gasteiger partial charge is 0.462 e. The van der Waals surface area contributed by atoms with Crippen molar-refractivity contribution in [3.8, 4) is 5.75 Å². The number of rotatable bonds is 7. The van der Waals surface area contributed by atoms with Gasteiger partial charge in [-0.05, 0) is 54.8 Å². The molecule has 0 aromatic heterocycles. The maximum absolute atomic E-state index is 12.1. The predicted molar refractivity (Wildman–Crippen MR) is 103 cm³/mol. The first kappa shape index (κ1) is 18.4. The van der Waals surface area contributed by atoms with Gasteiger partial charge in [-0.2, -0.15) is 0 Å². The Morgan fingerprint density at radius 3 is 1.93 bits per heavy atom. The predicted octanol–water partition coefficient (Wildman–Crippen LogP) is 4.70. The van der Waals surface area contributed by atoms with Crippen molar-refractivity contribution in [3.05, 3.63) is 102 Å². The Kier molecular flexibility index (Phi) is 6.36. The summed E-state index contributed by atoms with van der Waals surface area (Å²) < 4.78 is 10.6. The summed E-state index contributed by atoms with van der Waals surface area (Å²) in [5, 5.41) is 0. The van der Waals surface area contributed by atoms with Gasteiger partial charge in [-0.1, -0.05) is 48.5 Å². The number of hydrogen-bond acceptors (Lipinski definition) is 4. The number of carbonyl (C=O) groups is 2. The molecule has 0 aliphatic rings. The second-order valence-electron chi connectivity index (χ2n) is 6.00. The highest BCUT2D eigenvalue weighted by atomic mass is 16.5. The van der Waals surface area contributed by atoms with Gasteiger partial charge in [0.25, 0.3) is 0 Å². The Morgan fingerprint density at radius 2 is 1.26 bits per heavy atom. The van der Waals surface area contributed by atoms with Crippen LogP contribution in [0.1, 0.15) is 32.7 Å². The topological polar surface area (TPSA) is 52.6 Å². The summed E-state index contributed by atoms with van der Waals surface area (Å²) in [7, 11) is 0. The summed E-state index contributed by atoms with van der Waals surface area (Å²) in [4.78, 5) is 24.1. The van der Waals surface area contributed by atoms with Gasteiger partial charge in [0.05, 0.1) is 17.7 Å². The molecule has 0 spiro atoms. The van der Waals surface area contributed by atoms with Crippen molar-refractivity contribution in [2.45, 2.75) is 12.8 Å². The zero-order valence-corrected chi connectivity index (χ0v) is 14.8. The van der Waals surface area contributed by atoms with Crippen molar-refractivity contribution >= 4 is 11.9 Å². The molecule has 0 aliphatic heterocycles. The van der Waals surface area contributed by atoms with Crippen LogP contribution in [0.5, 0.6) is 5.75 Å². The van der Waals surface area contributed by atoms with Gasteiger partial charge < -0.3 is 9.47 Å². The van der Waals surface area contributed by atoms with Crippen LogP contribution in [0.3, 0.4) is 0 Å². The summed E-state index contributed by atoms with van der Waals surface area (Å²) in [5.74, 6) is -0.444. The lowest BCUT2D eigenvalue weighted by Gasteiger charge is -2.07. The summed E-state index contributed by atoms with van der Waals surface area (Å²) in [6, 6.07) is 25.2. The zero-order chi connectivity index (χ0) is 18.9. The van der Waals surface area contributed by atoms with E-state index in [1.807, 2.05) is 24.3 Å². The van der Waals surface area contributed by atoms with Crippen molar-refractivity contribution in [3.63, 3.8) is 0 Å². The van der Waals surface area contributed by atoms with Gasteiger partial charge in [0.1, 0.15) is 5.75 Å².